The fraction of sp³-hybridized carbons (Fsp3) is 0.625. The van der Waals surface area contributed by atoms with E-state index in [1.807, 2.05) is 6.07 Å². The minimum Gasteiger partial charge on any atom is -0.490 e. The number of benzene rings is 1. The molecule has 1 aromatic carbocycles. The van der Waals surface area contributed by atoms with Crippen molar-refractivity contribution in [1.82, 2.24) is 5.32 Å². The molecule has 1 aliphatic rings. The highest BCUT2D eigenvalue weighted by Crippen LogP contribution is 2.47. The van der Waals surface area contributed by atoms with Crippen molar-refractivity contribution < 1.29 is 9.47 Å². The van der Waals surface area contributed by atoms with Crippen LogP contribution in [0.1, 0.15) is 31.9 Å². The molecule has 2 rings (SSSR count). The molecule has 3 unspecified atom stereocenters. The Morgan fingerprint density at radius 1 is 1.40 bits per heavy atom. The molecule has 20 heavy (non-hydrogen) atoms. The van der Waals surface area contributed by atoms with Crippen molar-refractivity contribution >= 4 is 15.9 Å². The molecule has 0 heterocycles. The van der Waals surface area contributed by atoms with Gasteiger partial charge in [0.05, 0.1) is 11.1 Å². The maximum atomic E-state index is 5.68. The maximum absolute atomic E-state index is 5.68. The minimum atomic E-state index is 0.458. The first-order chi connectivity index (χ1) is 9.67. The Bertz CT molecular complexity index is 438. The van der Waals surface area contributed by atoms with Gasteiger partial charge in [0.2, 0.25) is 0 Å². The molecule has 4 heteroatoms. The van der Waals surface area contributed by atoms with E-state index in [0.717, 1.165) is 28.6 Å². The van der Waals surface area contributed by atoms with Gasteiger partial charge >= 0.3 is 0 Å². The molecule has 0 aliphatic heterocycles. The van der Waals surface area contributed by atoms with Crippen LogP contribution in [0, 0.1) is 11.8 Å². The molecule has 3 nitrogen and oxygen atoms in total. The van der Waals surface area contributed by atoms with Crippen LogP contribution in [0.4, 0.5) is 0 Å². The van der Waals surface area contributed by atoms with Gasteiger partial charge in [0, 0.05) is 13.2 Å². The van der Waals surface area contributed by atoms with E-state index in [-0.39, 0.29) is 0 Å². The molecule has 0 radical (unpaired) electrons. The Morgan fingerprint density at radius 3 is 2.70 bits per heavy atom. The van der Waals surface area contributed by atoms with E-state index in [1.165, 1.54) is 12.0 Å². The Balaban J connectivity index is 2.06. The summed E-state index contributed by atoms with van der Waals surface area (Å²) < 4.78 is 11.7. The van der Waals surface area contributed by atoms with Crippen LogP contribution in [0.25, 0.3) is 0 Å². The fourth-order valence-corrected chi connectivity index (χ4v) is 3.13. The molecule has 1 N–H and O–H groups in total. The summed E-state index contributed by atoms with van der Waals surface area (Å²) >= 11 is 3.61. The van der Waals surface area contributed by atoms with Crippen molar-refractivity contribution in [2.45, 2.75) is 26.3 Å². The molecule has 3 atom stereocenters. The average Bonchev–Trinajstić information content (AvgIpc) is 3.15. The molecule has 0 amide bonds. The Labute approximate surface area is 130 Å². The lowest BCUT2D eigenvalue weighted by atomic mass is 10.0. The zero-order valence-corrected chi connectivity index (χ0v) is 14.1. The van der Waals surface area contributed by atoms with Crippen LogP contribution < -0.4 is 10.1 Å². The summed E-state index contributed by atoms with van der Waals surface area (Å²) in [6.07, 6.45) is 1.32. The molecule has 0 saturated heterocycles. The van der Waals surface area contributed by atoms with Crippen molar-refractivity contribution in [3.8, 4) is 5.75 Å². The van der Waals surface area contributed by atoms with Gasteiger partial charge in [-0.3, -0.25) is 0 Å². The van der Waals surface area contributed by atoms with E-state index in [4.69, 9.17) is 9.47 Å². The number of hydrogen-bond donors (Lipinski definition) is 1. The summed E-state index contributed by atoms with van der Waals surface area (Å²) in [5, 5.41) is 3.61. The van der Waals surface area contributed by atoms with E-state index >= 15 is 0 Å². The van der Waals surface area contributed by atoms with Crippen LogP contribution in [0.5, 0.6) is 5.75 Å². The van der Waals surface area contributed by atoms with Crippen molar-refractivity contribution in [2.75, 3.05) is 26.9 Å². The first kappa shape index (κ1) is 15.8. The molecule has 0 bridgehead atoms. The van der Waals surface area contributed by atoms with Gasteiger partial charge in [0.1, 0.15) is 12.4 Å². The van der Waals surface area contributed by atoms with Gasteiger partial charge in [-0.05, 0) is 58.4 Å². The third kappa shape index (κ3) is 3.96. The van der Waals surface area contributed by atoms with Crippen LogP contribution in [0.2, 0.25) is 0 Å². The first-order valence-electron chi connectivity index (χ1n) is 7.32. The lowest BCUT2D eigenvalue weighted by molar-refractivity contribution is 0.146. The van der Waals surface area contributed by atoms with Crippen molar-refractivity contribution in [1.29, 1.82) is 0 Å². The van der Waals surface area contributed by atoms with Crippen LogP contribution in [-0.4, -0.2) is 26.9 Å². The summed E-state index contributed by atoms with van der Waals surface area (Å²) in [5.41, 5.74) is 1.34. The summed E-state index contributed by atoms with van der Waals surface area (Å²) in [7, 11) is 1.68. The molecular formula is C16H24BrNO2. The smallest absolute Gasteiger partial charge is 0.133 e. The lowest BCUT2D eigenvalue weighted by Crippen LogP contribution is -2.23. The minimum absolute atomic E-state index is 0.458. The highest BCUT2D eigenvalue weighted by Gasteiger charge is 2.39. The van der Waals surface area contributed by atoms with E-state index in [9.17, 15) is 0 Å². The van der Waals surface area contributed by atoms with Crippen molar-refractivity contribution in [3.63, 3.8) is 0 Å². The number of halogens is 1. The second-order valence-electron chi connectivity index (χ2n) is 5.44. The zero-order valence-electron chi connectivity index (χ0n) is 12.5. The number of nitrogens with one attached hydrogen (secondary N) is 1. The van der Waals surface area contributed by atoms with Crippen molar-refractivity contribution in [2.24, 2.45) is 11.8 Å². The predicted octanol–water partition coefficient (Wildman–Crippen LogP) is 3.78. The third-order valence-electron chi connectivity index (χ3n) is 3.88. The van der Waals surface area contributed by atoms with E-state index in [1.54, 1.807) is 7.11 Å². The topological polar surface area (TPSA) is 30.5 Å². The number of ether oxygens (including phenoxy) is 2. The number of methoxy groups -OCH3 is 1. The van der Waals surface area contributed by atoms with Gasteiger partial charge in [-0.2, -0.15) is 0 Å². The first-order valence-corrected chi connectivity index (χ1v) is 8.11. The van der Waals surface area contributed by atoms with Gasteiger partial charge < -0.3 is 14.8 Å². The summed E-state index contributed by atoms with van der Waals surface area (Å²) in [6.45, 7) is 6.67. The standard InChI is InChI=1S/C16H24BrNO2/c1-4-18-16(13-9-11(13)2)12-5-6-15(14(17)10-12)20-8-7-19-3/h5-6,10-11,13,16,18H,4,7-9H2,1-3H3. The number of hydrogen-bond acceptors (Lipinski definition) is 3. The molecule has 1 aromatic rings. The van der Waals surface area contributed by atoms with Crippen LogP contribution in [-0.2, 0) is 4.74 Å². The quantitative estimate of drug-likeness (QED) is 0.730. The van der Waals surface area contributed by atoms with Crippen LogP contribution in [0.15, 0.2) is 22.7 Å². The second kappa shape index (κ2) is 7.43. The van der Waals surface area contributed by atoms with E-state index < -0.39 is 0 Å². The third-order valence-corrected chi connectivity index (χ3v) is 4.50. The van der Waals surface area contributed by atoms with Gasteiger partial charge in [-0.1, -0.05) is 19.9 Å². The van der Waals surface area contributed by atoms with Gasteiger partial charge in [-0.15, -0.1) is 0 Å². The molecule has 0 aromatic heterocycles. The van der Waals surface area contributed by atoms with E-state index in [0.29, 0.717) is 19.3 Å². The highest BCUT2D eigenvalue weighted by molar-refractivity contribution is 9.10. The van der Waals surface area contributed by atoms with Crippen molar-refractivity contribution in [3.05, 3.63) is 28.2 Å². The average molecular weight is 342 g/mol. The Morgan fingerprint density at radius 2 is 2.15 bits per heavy atom. The van der Waals surface area contributed by atoms with Crippen LogP contribution >= 0.6 is 15.9 Å². The SMILES string of the molecule is CCNC(c1ccc(OCCOC)c(Br)c1)C1CC1C. The number of rotatable bonds is 8. The van der Waals surface area contributed by atoms with Gasteiger partial charge in [0.25, 0.3) is 0 Å². The normalized spacial score (nSPS) is 22.6. The zero-order chi connectivity index (χ0) is 14.5. The van der Waals surface area contributed by atoms with Gasteiger partial charge in [-0.25, -0.2) is 0 Å². The monoisotopic (exact) mass is 341 g/mol. The lowest BCUT2D eigenvalue weighted by Gasteiger charge is -2.19. The highest BCUT2D eigenvalue weighted by atomic mass is 79.9. The molecule has 0 spiro atoms. The summed E-state index contributed by atoms with van der Waals surface area (Å²) in [5.74, 6) is 2.47. The second-order valence-corrected chi connectivity index (χ2v) is 6.30. The molecule has 112 valence electrons. The predicted molar refractivity (Wildman–Crippen MR) is 85.2 cm³/mol. The molecule has 1 fully saturated rings. The Hall–Kier alpha value is -0.580. The molecule has 1 saturated carbocycles. The largest absolute Gasteiger partial charge is 0.490 e. The molecule has 1 aliphatic carbocycles. The van der Waals surface area contributed by atoms with Gasteiger partial charge in [0.15, 0.2) is 0 Å². The van der Waals surface area contributed by atoms with Crippen LogP contribution in [0.3, 0.4) is 0 Å². The summed E-state index contributed by atoms with van der Waals surface area (Å²) in [4.78, 5) is 0. The Kier molecular flexibility index (Phi) is 5.87. The fourth-order valence-electron chi connectivity index (χ4n) is 2.61. The van der Waals surface area contributed by atoms with E-state index in [2.05, 4.69) is 47.2 Å². The maximum Gasteiger partial charge on any atom is 0.133 e. The summed E-state index contributed by atoms with van der Waals surface area (Å²) in [6, 6.07) is 6.86. The molecular weight excluding hydrogens is 318 g/mol.